The zero-order valence-electron chi connectivity index (χ0n) is 10.2. The van der Waals surface area contributed by atoms with Crippen molar-refractivity contribution >= 4 is 11.7 Å². The summed E-state index contributed by atoms with van der Waals surface area (Å²) < 4.78 is 1.82. The van der Waals surface area contributed by atoms with Crippen molar-refractivity contribution < 1.29 is 4.79 Å². The highest BCUT2D eigenvalue weighted by Gasteiger charge is 2.20. The largest absolute Gasteiger partial charge is 0.335 e. The van der Waals surface area contributed by atoms with Gasteiger partial charge in [-0.1, -0.05) is 0 Å². The summed E-state index contributed by atoms with van der Waals surface area (Å²) in [5, 5.41) is 6.80. The van der Waals surface area contributed by atoms with Gasteiger partial charge in [-0.25, -0.2) is 20.2 Å². The summed E-state index contributed by atoms with van der Waals surface area (Å²) in [6, 6.07) is 3.35. The van der Waals surface area contributed by atoms with E-state index in [0.29, 0.717) is 0 Å². The smallest absolute Gasteiger partial charge is 0.328 e. The maximum atomic E-state index is 11.1. The van der Waals surface area contributed by atoms with Crippen molar-refractivity contribution in [2.45, 2.75) is 13.0 Å². The van der Waals surface area contributed by atoms with E-state index in [1.54, 1.807) is 18.7 Å². The van der Waals surface area contributed by atoms with E-state index in [-0.39, 0.29) is 12.1 Å². The molecular formula is C12H12N6O. The van der Waals surface area contributed by atoms with Crippen molar-refractivity contribution in [3.05, 3.63) is 42.6 Å². The van der Waals surface area contributed by atoms with Gasteiger partial charge in [0.2, 0.25) is 0 Å². The third kappa shape index (κ3) is 2.17. The maximum absolute atomic E-state index is 11.1. The predicted molar refractivity (Wildman–Crippen MR) is 69.0 cm³/mol. The Morgan fingerprint density at radius 1 is 1.37 bits per heavy atom. The molecule has 0 bridgehead atoms. The minimum atomic E-state index is -0.292. The lowest BCUT2D eigenvalue weighted by Gasteiger charge is -2.21. The zero-order chi connectivity index (χ0) is 13.2. The van der Waals surface area contributed by atoms with Gasteiger partial charge in [0, 0.05) is 24.2 Å². The second-order valence-corrected chi connectivity index (χ2v) is 4.18. The average Bonchev–Trinajstić information content (AvgIpc) is 2.93. The van der Waals surface area contributed by atoms with Gasteiger partial charge in [-0.3, -0.25) is 4.57 Å². The fourth-order valence-corrected chi connectivity index (χ4v) is 1.90. The standard InChI is InChI=1S/C12H12N6O/c1-8-11(16-17-12(19)15-8)9-2-3-10(14-6-9)18-5-4-13-7-18/h2-8H,1H3,(H2,15,17,19). The van der Waals surface area contributed by atoms with E-state index < -0.39 is 0 Å². The molecule has 2 amide bonds. The quantitative estimate of drug-likeness (QED) is 0.828. The molecule has 2 N–H and O–H groups in total. The fourth-order valence-electron chi connectivity index (χ4n) is 1.90. The first kappa shape index (κ1) is 11.4. The summed E-state index contributed by atoms with van der Waals surface area (Å²) in [5.41, 5.74) is 4.02. The molecule has 7 nitrogen and oxygen atoms in total. The maximum Gasteiger partial charge on any atom is 0.335 e. The molecule has 0 spiro atoms. The van der Waals surface area contributed by atoms with E-state index in [1.165, 1.54) is 0 Å². The molecule has 0 saturated heterocycles. The summed E-state index contributed by atoms with van der Waals surface area (Å²) in [6.07, 6.45) is 6.93. The molecule has 0 aliphatic carbocycles. The Balaban J connectivity index is 1.89. The molecule has 1 atom stereocenters. The van der Waals surface area contributed by atoms with Gasteiger partial charge in [0.25, 0.3) is 0 Å². The third-order valence-electron chi connectivity index (χ3n) is 2.85. The number of nitrogens with zero attached hydrogens (tertiary/aromatic N) is 4. The Hall–Kier alpha value is -2.70. The normalized spacial score (nSPS) is 18.5. The SMILES string of the molecule is CC1NC(=O)NN=C1c1ccc(-n2ccnc2)nc1. The molecule has 0 saturated carbocycles. The number of aromatic nitrogens is 3. The molecular weight excluding hydrogens is 244 g/mol. The van der Waals surface area contributed by atoms with Crippen LogP contribution in [-0.2, 0) is 0 Å². The molecule has 96 valence electrons. The number of carbonyl (C=O) groups is 1. The Morgan fingerprint density at radius 2 is 2.26 bits per heavy atom. The molecule has 0 fully saturated rings. The van der Waals surface area contributed by atoms with E-state index in [9.17, 15) is 4.79 Å². The molecule has 1 aliphatic heterocycles. The highest BCUT2D eigenvalue weighted by molar-refractivity contribution is 6.07. The number of hydrazone groups is 1. The highest BCUT2D eigenvalue weighted by atomic mass is 16.2. The van der Waals surface area contributed by atoms with Gasteiger partial charge >= 0.3 is 6.03 Å². The molecule has 19 heavy (non-hydrogen) atoms. The summed E-state index contributed by atoms with van der Waals surface area (Å²) in [5.74, 6) is 0.780. The van der Waals surface area contributed by atoms with Crippen LogP contribution in [0.5, 0.6) is 0 Å². The lowest BCUT2D eigenvalue weighted by atomic mass is 10.1. The van der Waals surface area contributed by atoms with Crippen LogP contribution in [0.2, 0.25) is 0 Å². The van der Waals surface area contributed by atoms with Gasteiger partial charge in [-0.15, -0.1) is 0 Å². The van der Waals surface area contributed by atoms with Crippen LogP contribution in [0, 0.1) is 0 Å². The Kier molecular flexibility index (Phi) is 2.71. The van der Waals surface area contributed by atoms with Crippen molar-refractivity contribution in [1.29, 1.82) is 0 Å². The van der Waals surface area contributed by atoms with E-state index in [2.05, 4.69) is 25.8 Å². The van der Waals surface area contributed by atoms with Gasteiger partial charge in [0.1, 0.15) is 12.1 Å². The number of nitrogens with one attached hydrogen (secondary N) is 2. The van der Waals surface area contributed by atoms with Gasteiger partial charge in [-0.2, -0.15) is 5.10 Å². The summed E-state index contributed by atoms with van der Waals surface area (Å²) in [4.78, 5) is 19.4. The van der Waals surface area contributed by atoms with Crippen molar-refractivity contribution in [3.63, 3.8) is 0 Å². The Labute approximate surface area is 109 Å². The van der Waals surface area contributed by atoms with Crippen LogP contribution in [0.4, 0.5) is 4.79 Å². The molecule has 0 radical (unpaired) electrons. The van der Waals surface area contributed by atoms with E-state index in [0.717, 1.165) is 17.1 Å². The Bertz CT molecular complexity index is 616. The van der Waals surface area contributed by atoms with Crippen LogP contribution >= 0.6 is 0 Å². The lowest BCUT2D eigenvalue weighted by molar-refractivity contribution is 0.239. The molecule has 0 aromatic carbocycles. The van der Waals surface area contributed by atoms with Gasteiger partial charge in [-0.05, 0) is 19.1 Å². The second kappa shape index (κ2) is 4.52. The fraction of sp³-hybridized carbons (Fsp3) is 0.167. The minimum Gasteiger partial charge on any atom is -0.328 e. The molecule has 2 aromatic heterocycles. The number of carbonyl (C=O) groups excluding carboxylic acids is 1. The first-order valence-electron chi connectivity index (χ1n) is 5.83. The Morgan fingerprint density at radius 3 is 2.89 bits per heavy atom. The van der Waals surface area contributed by atoms with Crippen molar-refractivity contribution in [2.24, 2.45) is 5.10 Å². The van der Waals surface area contributed by atoms with Crippen LogP contribution in [0.15, 0.2) is 42.2 Å². The molecule has 2 aromatic rings. The number of pyridine rings is 1. The van der Waals surface area contributed by atoms with Crippen molar-refractivity contribution in [2.75, 3.05) is 0 Å². The number of imidazole rings is 1. The number of hydrogen-bond donors (Lipinski definition) is 2. The van der Waals surface area contributed by atoms with Gasteiger partial charge in [0.05, 0.1) is 11.8 Å². The summed E-state index contributed by atoms with van der Waals surface area (Å²) in [6.45, 7) is 1.88. The van der Waals surface area contributed by atoms with E-state index in [4.69, 9.17) is 0 Å². The first-order chi connectivity index (χ1) is 9.24. The van der Waals surface area contributed by atoms with Crippen LogP contribution in [0.25, 0.3) is 5.82 Å². The van der Waals surface area contributed by atoms with Crippen molar-refractivity contribution in [3.8, 4) is 5.82 Å². The number of urea groups is 1. The van der Waals surface area contributed by atoms with Crippen LogP contribution in [0.3, 0.4) is 0 Å². The molecule has 1 unspecified atom stereocenters. The van der Waals surface area contributed by atoms with E-state index >= 15 is 0 Å². The van der Waals surface area contributed by atoms with E-state index in [1.807, 2.05) is 29.8 Å². The van der Waals surface area contributed by atoms with Gasteiger partial charge in [0.15, 0.2) is 0 Å². The highest BCUT2D eigenvalue weighted by Crippen LogP contribution is 2.09. The first-order valence-corrected chi connectivity index (χ1v) is 5.83. The van der Waals surface area contributed by atoms with Crippen LogP contribution in [0.1, 0.15) is 12.5 Å². The summed E-state index contributed by atoms with van der Waals surface area (Å²) >= 11 is 0. The van der Waals surface area contributed by atoms with Crippen molar-refractivity contribution in [1.82, 2.24) is 25.3 Å². The third-order valence-corrected chi connectivity index (χ3v) is 2.85. The summed E-state index contributed by atoms with van der Waals surface area (Å²) in [7, 11) is 0. The molecule has 1 aliphatic rings. The van der Waals surface area contributed by atoms with Gasteiger partial charge < -0.3 is 5.32 Å². The number of hydrogen-bond acceptors (Lipinski definition) is 4. The van der Waals surface area contributed by atoms with Crippen LogP contribution in [-0.4, -0.2) is 32.3 Å². The zero-order valence-corrected chi connectivity index (χ0v) is 10.2. The molecule has 7 heteroatoms. The molecule has 3 heterocycles. The second-order valence-electron chi connectivity index (χ2n) is 4.18. The number of amides is 2. The molecule has 3 rings (SSSR count). The topological polar surface area (TPSA) is 84.2 Å². The number of rotatable bonds is 2. The lowest BCUT2D eigenvalue weighted by Crippen LogP contribution is -2.48. The van der Waals surface area contributed by atoms with Crippen LogP contribution < -0.4 is 10.7 Å². The minimum absolute atomic E-state index is 0.144. The monoisotopic (exact) mass is 256 g/mol. The average molecular weight is 256 g/mol. The predicted octanol–water partition coefficient (Wildman–Crippen LogP) is 0.673.